The maximum Gasteiger partial charge on any atom is 0.184 e. The van der Waals surface area contributed by atoms with E-state index in [2.05, 4.69) is 108 Å². The fourth-order valence-electron chi connectivity index (χ4n) is 8.12. The first-order valence-electron chi connectivity index (χ1n) is 18.8. The van der Waals surface area contributed by atoms with Crippen LogP contribution in [0.15, 0.2) is 174 Å². The zero-order valence-corrected chi connectivity index (χ0v) is 31.0. The molecule has 0 unspecified atom stereocenters. The molecular weight excluding hydrogens is 721 g/mol. The van der Waals surface area contributed by atoms with Gasteiger partial charge in [-0.15, -0.1) is 11.3 Å². The van der Waals surface area contributed by atoms with E-state index in [0.29, 0.717) is 29.0 Å². The highest BCUT2D eigenvalue weighted by atomic mass is 32.1. The van der Waals surface area contributed by atoms with Crippen LogP contribution in [0.5, 0.6) is 0 Å². The molecule has 5 aromatic heterocycles. The number of nitrogens with zero attached hydrogens (tertiary/aromatic N) is 6. The number of thiophene rings is 1. The van der Waals surface area contributed by atoms with Crippen molar-refractivity contribution in [1.29, 1.82) is 0 Å². The Balaban J connectivity index is 1.15. The highest BCUT2D eigenvalue weighted by Gasteiger charge is 2.23. The molecule has 0 bridgehead atoms. The summed E-state index contributed by atoms with van der Waals surface area (Å²) in [5.74, 6) is 2.20. The summed E-state index contributed by atoms with van der Waals surface area (Å²) in [5, 5.41) is 5.33. The average Bonchev–Trinajstić information content (AvgIpc) is 3.96. The van der Waals surface area contributed by atoms with Crippen LogP contribution in [0.1, 0.15) is 0 Å². The van der Waals surface area contributed by atoms with Crippen LogP contribution < -0.4 is 0 Å². The summed E-state index contributed by atoms with van der Waals surface area (Å²) in [7, 11) is 0. The molecule has 0 aliphatic carbocycles. The Morgan fingerprint density at radius 1 is 0.439 bits per heavy atom. The number of hydrogen-bond donors (Lipinski definition) is 0. The van der Waals surface area contributed by atoms with E-state index in [1.807, 2.05) is 66.7 Å². The zero-order chi connectivity index (χ0) is 37.5. The largest absolute Gasteiger partial charge is 0.456 e. The summed E-state index contributed by atoms with van der Waals surface area (Å²) in [6.07, 6.45) is 0. The summed E-state index contributed by atoms with van der Waals surface area (Å²) < 4.78 is 10.5. The second-order valence-corrected chi connectivity index (χ2v) is 15.1. The Bertz CT molecular complexity index is 3530. The molecule has 0 fully saturated rings. The standard InChI is InChI=1S/C49H28N6OS/c1-3-14-29(15-4-1)46-52-47(30-26-27-40-36(28-30)32-18-8-11-24-39(32)56-40)54-49(53-46)44-45-43(34-20-9-12-25-41(34)57-45)50-48(51-44)35-21-13-23-38-42(35)33-19-7-10-22-37(33)55(38)31-16-5-2-6-17-31/h1-28H. The molecule has 0 saturated heterocycles. The second-order valence-electron chi connectivity index (χ2n) is 14.0. The predicted molar refractivity (Wildman–Crippen MR) is 232 cm³/mol. The lowest BCUT2D eigenvalue weighted by atomic mass is 10.1. The lowest BCUT2D eigenvalue weighted by Crippen LogP contribution is -2.03. The van der Waals surface area contributed by atoms with Gasteiger partial charge in [-0.05, 0) is 54.6 Å². The van der Waals surface area contributed by atoms with Crippen molar-refractivity contribution in [3.8, 4) is 51.4 Å². The van der Waals surface area contributed by atoms with Gasteiger partial charge in [0, 0.05) is 54.0 Å². The van der Waals surface area contributed by atoms with E-state index in [-0.39, 0.29) is 0 Å². The first-order valence-corrected chi connectivity index (χ1v) is 19.6. The fourth-order valence-corrected chi connectivity index (χ4v) is 9.24. The number of para-hydroxylation sites is 3. The molecular formula is C49H28N6OS. The monoisotopic (exact) mass is 748 g/mol. The van der Waals surface area contributed by atoms with Crippen molar-refractivity contribution >= 4 is 75.4 Å². The minimum Gasteiger partial charge on any atom is -0.456 e. The number of aromatic nitrogens is 6. The highest BCUT2D eigenvalue weighted by molar-refractivity contribution is 7.26. The van der Waals surface area contributed by atoms with Crippen LogP contribution in [-0.2, 0) is 0 Å². The lowest BCUT2D eigenvalue weighted by molar-refractivity contribution is 0.669. The molecule has 12 aromatic rings. The number of furan rings is 1. The molecule has 7 aromatic carbocycles. The molecule has 0 saturated carbocycles. The average molecular weight is 749 g/mol. The minimum absolute atomic E-state index is 0.482. The van der Waals surface area contributed by atoms with Crippen LogP contribution in [0.2, 0.25) is 0 Å². The molecule has 7 nitrogen and oxygen atoms in total. The normalized spacial score (nSPS) is 11.9. The first-order chi connectivity index (χ1) is 28.2. The van der Waals surface area contributed by atoms with Crippen LogP contribution in [0.4, 0.5) is 0 Å². The van der Waals surface area contributed by atoms with Gasteiger partial charge in [-0.25, -0.2) is 24.9 Å². The van der Waals surface area contributed by atoms with Gasteiger partial charge in [-0.1, -0.05) is 115 Å². The Hall–Kier alpha value is -7.55. The molecule has 5 heterocycles. The SMILES string of the molecule is c1ccc(-c2nc(-c3ccc4oc5ccccc5c4c3)nc(-c3nc(-c4cccc5c4c4ccccc4n5-c4ccccc4)nc4c3sc3ccccc34)n2)cc1. The molecule has 0 spiro atoms. The van der Waals surface area contributed by atoms with E-state index in [4.69, 9.17) is 29.3 Å². The summed E-state index contributed by atoms with van der Waals surface area (Å²) in [5.41, 5.74) is 9.15. The van der Waals surface area contributed by atoms with Crippen LogP contribution in [0.3, 0.4) is 0 Å². The van der Waals surface area contributed by atoms with Crippen molar-refractivity contribution in [3.63, 3.8) is 0 Å². The molecule has 0 aliphatic heterocycles. The highest BCUT2D eigenvalue weighted by Crippen LogP contribution is 2.42. The number of benzene rings is 7. The van der Waals surface area contributed by atoms with Gasteiger partial charge in [-0.2, -0.15) is 0 Å². The summed E-state index contributed by atoms with van der Waals surface area (Å²) in [4.78, 5) is 26.3. The van der Waals surface area contributed by atoms with Crippen LogP contribution in [0, 0.1) is 0 Å². The van der Waals surface area contributed by atoms with E-state index in [0.717, 1.165) is 86.4 Å². The summed E-state index contributed by atoms with van der Waals surface area (Å²) in [6, 6.07) is 58.1. The third-order valence-electron chi connectivity index (χ3n) is 10.7. The van der Waals surface area contributed by atoms with E-state index < -0.39 is 0 Å². The van der Waals surface area contributed by atoms with Gasteiger partial charge in [0.25, 0.3) is 0 Å². The van der Waals surface area contributed by atoms with Crippen molar-refractivity contribution in [2.24, 2.45) is 0 Å². The van der Waals surface area contributed by atoms with Crippen molar-refractivity contribution in [2.45, 2.75) is 0 Å². The van der Waals surface area contributed by atoms with Crippen LogP contribution in [-0.4, -0.2) is 29.5 Å². The number of fused-ring (bicyclic) bond motifs is 9. The summed E-state index contributed by atoms with van der Waals surface area (Å²) >= 11 is 1.66. The van der Waals surface area contributed by atoms with Gasteiger partial charge in [-0.3, -0.25) is 0 Å². The second kappa shape index (κ2) is 12.5. The van der Waals surface area contributed by atoms with Gasteiger partial charge < -0.3 is 8.98 Å². The molecule has 0 N–H and O–H groups in total. The third kappa shape index (κ3) is 5.01. The minimum atomic E-state index is 0.482. The van der Waals surface area contributed by atoms with E-state index in [1.165, 1.54) is 0 Å². The maximum atomic E-state index is 6.18. The Morgan fingerprint density at radius 3 is 1.96 bits per heavy atom. The van der Waals surface area contributed by atoms with E-state index in [9.17, 15) is 0 Å². The number of hydrogen-bond acceptors (Lipinski definition) is 7. The number of rotatable bonds is 5. The molecule has 57 heavy (non-hydrogen) atoms. The predicted octanol–water partition coefficient (Wildman–Crippen LogP) is 12.7. The van der Waals surface area contributed by atoms with Gasteiger partial charge in [0.05, 0.1) is 21.3 Å². The summed E-state index contributed by atoms with van der Waals surface area (Å²) in [6.45, 7) is 0. The third-order valence-corrected chi connectivity index (χ3v) is 11.9. The molecule has 8 heteroatoms. The lowest BCUT2D eigenvalue weighted by Gasteiger charge is -2.11. The van der Waals surface area contributed by atoms with Gasteiger partial charge in [0.15, 0.2) is 23.3 Å². The molecule has 12 rings (SSSR count). The van der Waals surface area contributed by atoms with Crippen LogP contribution in [0.25, 0.3) is 115 Å². The Labute approximate surface area is 329 Å². The maximum absolute atomic E-state index is 6.18. The van der Waals surface area contributed by atoms with E-state index >= 15 is 0 Å². The quantitative estimate of drug-likeness (QED) is 0.174. The van der Waals surface area contributed by atoms with Gasteiger partial charge in [0.1, 0.15) is 16.9 Å². The van der Waals surface area contributed by atoms with Gasteiger partial charge in [0.2, 0.25) is 0 Å². The Morgan fingerprint density at radius 2 is 1.11 bits per heavy atom. The van der Waals surface area contributed by atoms with Crippen molar-refractivity contribution < 1.29 is 4.42 Å². The fraction of sp³-hybridized carbons (Fsp3) is 0. The smallest absolute Gasteiger partial charge is 0.184 e. The first kappa shape index (κ1) is 31.8. The molecule has 0 radical (unpaired) electrons. The molecule has 0 atom stereocenters. The van der Waals surface area contributed by atoms with Crippen molar-refractivity contribution in [2.75, 3.05) is 0 Å². The van der Waals surface area contributed by atoms with Crippen LogP contribution >= 0.6 is 11.3 Å². The molecule has 266 valence electrons. The zero-order valence-electron chi connectivity index (χ0n) is 30.2. The van der Waals surface area contributed by atoms with Crippen molar-refractivity contribution in [1.82, 2.24) is 29.5 Å². The molecule has 0 aliphatic rings. The van der Waals surface area contributed by atoms with Crippen molar-refractivity contribution in [3.05, 3.63) is 170 Å². The Kier molecular flexibility index (Phi) is 6.96. The van der Waals surface area contributed by atoms with Gasteiger partial charge >= 0.3 is 0 Å². The molecule has 0 amide bonds. The topological polar surface area (TPSA) is 82.5 Å². The van der Waals surface area contributed by atoms with E-state index in [1.54, 1.807) is 11.3 Å².